The molecule has 94 valence electrons. The SMILES string of the molecule is OC(c1ccc(N2CCCC2)cc1)c1cccs1. The molecule has 18 heavy (non-hydrogen) atoms. The average molecular weight is 259 g/mol. The predicted molar refractivity (Wildman–Crippen MR) is 76.3 cm³/mol. The Hall–Kier alpha value is -1.32. The quantitative estimate of drug-likeness (QED) is 0.913. The van der Waals surface area contributed by atoms with E-state index in [0.29, 0.717) is 0 Å². The van der Waals surface area contributed by atoms with Crippen LogP contribution < -0.4 is 4.90 Å². The van der Waals surface area contributed by atoms with E-state index in [4.69, 9.17) is 0 Å². The molecule has 1 fully saturated rings. The molecule has 3 heteroatoms. The lowest BCUT2D eigenvalue weighted by atomic mass is 10.1. The van der Waals surface area contributed by atoms with Crippen molar-refractivity contribution in [2.45, 2.75) is 18.9 Å². The van der Waals surface area contributed by atoms with Crippen LogP contribution in [0, 0.1) is 0 Å². The fourth-order valence-electron chi connectivity index (χ4n) is 2.45. The molecule has 0 bridgehead atoms. The lowest BCUT2D eigenvalue weighted by Crippen LogP contribution is -2.17. The molecule has 0 saturated carbocycles. The van der Waals surface area contributed by atoms with Gasteiger partial charge in [-0.3, -0.25) is 0 Å². The molecular formula is C15H17NOS. The Labute approximate surface area is 112 Å². The van der Waals surface area contributed by atoms with Gasteiger partial charge in [0.2, 0.25) is 0 Å². The van der Waals surface area contributed by atoms with Gasteiger partial charge in [-0.1, -0.05) is 18.2 Å². The molecule has 1 N–H and O–H groups in total. The summed E-state index contributed by atoms with van der Waals surface area (Å²) < 4.78 is 0. The second-order valence-corrected chi connectivity index (χ2v) is 5.68. The van der Waals surface area contributed by atoms with E-state index in [1.807, 2.05) is 29.6 Å². The first-order valence-electron chi connectivity index (χ1n) is 6.41. The molecule has 3 rings (SSSR count). The third kappa shape index (κ3) is 2.28. The largest absolute Gasteiger partial charge is 0.383 e. The summed E-state index contributed by atoms with van der Waals surface area (Å²) in [6.45, 7) is 2.32. The molecule has 2 heterocycles. The summed E-state index contributed by atoms with van der Waals surface area (Å²) in [5.41, 5.74) is 2.25. The van der Waals surface area contributed by atoms with Crippen LogP contribution >= 0.6 is 11.3 Å². The van der Waals surface area contributed by atoms with Crippen LogP contribution in [0.4, 0.5) is 5.69 Å². The van der Waals surface area contributed by atoms with E-state index in [1.54, 1.807) is 11.3 Å². The smallest absolute Gasteiger partial charge is 0.113 e. The standard InChI is InChI=1S/C15H17NOS/c17-15(14-4-3-11-18-14)12-5-7-13(8-6-12)16-9-1-2-10-16/h3-8,11,15,17H,1-2,9-10H2. The Morgan fingerprint density at radius 2 is 1.78 bits per heavy atom. The van der Waals surface area contributed by atoms with E-state index in [0.717, 1.165) is 23.5 Å². The van der Waals surface area contributed by atoms with Crippen molar-refractivity contribution >= 4 is 17.0 Å². The predicted octanol–water partition coefficient (Wildman–Crippen LogP) is 3.43. The monoisotopic (exact) mass is 259 g/mol. The summed E-state index contributed by atoms with van der Waals surface area (Å²) in [7, 11) is 0. The molecule has 1 saturated heterocycles. The van der Waals surface area contributed by atoms with Gasteiger partial charge in [0, 0.05) is 23.7 Å². The van der Waals surface area contributed by atoms with Crippen molar-refractivity contribution in [3.8, 4) is 0 Å². The van der Waals surface area contributed by atoms with Gasteiger partial charge in [-0.2, -0.15) is 0 Å². The molecule has 2 aromatic rings. The molecule has 1 aliphatic heterocycles. The van der Waals surface area contributed by atoms with Crippen molar-refractivity contribution in [2.75, 3.05) is 18.0 Å². The summed E-state index contributed by atoms with van der Waals surface area (Å²) >= 11 is 1.59. The maximum absolute atomic E-state index is 10.2. The normalized spacial score (nSPS) is 17.1. The van der Waals surface area contributed by atoms with Gasteiger partial charge >= 0.3 is 0 Å². The Balaban J connectivity index is 1.78. The third-order valence-corrected chi connectivity index (χ3v) is 4.42. The molecule has 1 aliphatic rings. The number of aliphatic hydroxyl groups is 1. The number of anilines is 1. The minimum Gasteiger partial charge on any atom is -0.383 e. The van der Waals surface area contributed by atoms with E-state index >= 15 is 0 Å². The highest BCUT2D eigenvalue weighted by atomic mass is 32.1. The molecule has 0 aliphatic carbocycles. The first kappa shape index (κ1) is 11.8. The minimum atomic E-state index is -0.488. The Morgan fingerprint density at radius 1 is 1.06 bits per heavy atom. The molecule has 1 unspecified atom stereocenters. The molecule has 1 aromatic heterocycles. The zero-order chi connectivity index (χ0) is 12.4. The summed E-state index contributed by atoms with van der Waals surface area (Å²) in [6.07, 6.45) is 2.09. The molecular weight excluding hydrogens is 242 g/mol. The summed E-state index contributed by atoms with van der Waals surface area (Å²) in [5, 5.41) is 12.2. The minimum absolute atomic E-state index is 0.488. The first-order valence-corrected chi connectivity index (χ1v) is 7.29. The number of hydrogen-bond acceptors (Lipinski definition) is 3. The van der Waals surface area contributed by atoms with Crippen molar-refractivity contribution < 1.29 is 5.11 Å². The molecule has 0 amide bonds. The fraction of sp³-hybridized carbons (Fsp3) is 0.333. The van der Waals surface area contributed by atoms with E-state index in [1.165, 1.54) is 18.5 Å². The Morgan fingerprint density at radius 3 is 2.39 bits per heavy atom. The highest BCUT2D eigenvalue weighted by Gasteiger charge is 2.14. The van der Waals surface area contributed by atoms with Crippen LogP contribution in [0.25, 0.3) is 0 Å². The number of aliphatic hydroxyl groups excluding tert-OH is 1. The molecule has 1 atom stereocenters. The average Bonchev–Trinajstić information content (AvgIpc) is 3.11. The Bertz CT molecular complexity index is 486. The highest BCUT2D eigenvalue weighted by molar-refractivity contribution is 7.10. The highest BCUT2D eigenvalue weighted by Crippen LogP contribution is 2.28. The van der Waals surface area contributed by atoms with Crippen LogP contribution in [0.5, 0.6) is 0 Å². The number of hydrogen-bond donors (Lipinski definition) is 1. The van der Waals surface area contributed by atoms with E-state index in [9.17, 15) is 5.11 Å². The topological polar surface area (TPSA) is 23.5 Å². The van der Waals surface area contributed by atoms with Crippen molar-refractivity contribution in [3.05, 3.63) is 52.2 Å². The van der Waals surface area contributed by atoms with Crippen molar-refractivity contribution in [1.29, 1.82) is 0 Å². The Kier molecular flexibility index (Phi) is 3.35. The molecule has 2 nitrogen and oxygen atoms in total. The van der Waals surface area contributed by atoms with Gasteiger partial charge in [0.05, 0.1) is 0 Å². The van der Waals surface area contributed by atoms with Crippen LogP contribution in [0.15, 0.2) is 41.8 Å². The van der Waals surface area contributed by atoms with Crippen molar-refractivity contribution in [1.82, 2.24) is 0 Å². The van der Waals surface area contributed by atoms with Crippen LogP contribution in [0.2, 0.25) is 0 Å². The number of rotatable bonds is 3. The zero-order valence-corrected chi connectivity index (χ0v) is 11.1. The van der Waals surface area contributed by atoms with E-state index in [2.05, 4.69) is 17.0 Å². The summed E-state index contributed by atoms with van der Waals surface area (Å²) in [6, 6.07) is 12.3. The van der Waals surface area contributed by atoms with Gasteiger partial charge in [-0.25, -0.2) is 0 Å². The lowest BCUT2D eigenvalue weighted by Gasteiger charge is -2.18. The second kappa shape index (κ2) is 5.12. The van der Waals surface area contributed by atoms with Gasteiger partial charge < -0.3 is 10.0 Å². The molecule has 0 radical (unpaired) electrons. The van der Waals surface area contributed by atoms with Crippen LogP contribution in [0.3, 0.4) is 0 Å². The van der Waals surface area contributed by atoms with Crippen molar-refractivity contribution in [3.63, 3.8) is 0 Å². The number of thiophene rings is 1. The van der Waals surface area contributed by atoms with E-state index in [-0.39, 0.29) is 0 Å². The lowest BCUT2D eigenvalue weighted by molar-refractivity contribution is 0.224. The van der Waals surface area contributed by atoms with Gasteiger partial charge in [-0.15, -0.1) is 11.3 Å². The molecule has 0 spiro atoms. The maximum atomic E-state index is 10.2. The van der Waals surface area contributed by atoms with Gasteiger partial charge in [0.1, 0.15) is 6.10 Å². The van der Waals surface area contributed by atoms with Gasteiger partial charge in [0.25, 0.3) is 0 Å². The zero-order valence-electron chi connectivity index (χ0n) is 10.2. The van der Waals surface area contributed by atoms with Crippen LogP contribution in [-0.4, -0.2) is 18.2 Å². The van der Waals surface area contributed by atoms with Crippen molar-refractivity contribution in [2.24, 2.45) is 0 Å². The number of benzene rings is 1. The third-order valence-electron chi connectivity index (χ3n) is 3.49. The molecule has 1 aromatic carbocycles. The second-order valence-electron chi connectivity index (χ2n) is 4.70. The number of nitrogens with zero attached hydrogens (tertiary/aromatic N) is 1. The summed E-state index contributed by atoms with van der Waals surface area (Å²) in [4.78, 5) is 3.41. The van der Waals surface area contributed by atoms with Gasteiger partial charge in [-0.05, 0) is 42.0 Å². The fourth-order valence-corrected chi connectivity index (χ4v) is 3.19. The summed E-state index contributed by atoms with van der Waals surface area (Å²) in [5.74, 6) is 0. The first-order chi connectivity index (χ1) is 8.84. The van der Waals surface area contributed by atoms with E-state index < -0.39 is 6.10 Å². The van der Waals surface area contributed by atoms with Crippen LogP contribution in [0.1, 0.15) is 29.4 Å². The van der Waals surface area contributed by atoms with Gasteiger partial charge in [0.15, 0.2) is 0 Å². The van der Waals surface area contributed by atoms with Crippen LogP contribution in [-0.2, 0) is 0 Å². The maximum Gasteiger partial charge on any atom is 0.113 e.